The molecule has 3 fully saturated rings. The first kappa shape index (κ1) is 26.0. The minimum Gasteiger partial charge on any atom is -0.192 e. The normalized spacial score (nSPS) is 22.5. The molecule has 0 N–H and O–H groups in total. The van der Waals surface area contributed by atoms with E-state index in [0.717, 1.165) is 67.2 Å². The van der Waals surface area contributed by atoms with E-state index in [4.69, 9.17) is 0 Å². The van der Waals surface area contributed by atoms with Gasteiger partial charge in [0.1, 0.15) is 12.1 Å². The summed E-state index contributed by atoms with van der Waals surface area (Å²) < 4.78 is 0. The van der Waals surface area contributed by atoms with E-state index in [9.17, 15) is 15.8 Å². The Morgan fingerprint density at radius 2 is 1.39 bits per heavy atom. The van der Waals surface area contributed by atoms with E-state index in [1.807, 2.05) is 24.3 Å². The smallest absolute Gasteiger partial charge is 0.101 e. The van der Waals surface area contributed by atoms with Crippen molar-refractivity contribution in [2.45, 2.75) is 109 Å². The van der Waals surface area contributed by atoms with E-state index in [2.05, 4.69) is 38.1 Å². The van der Waals surface area contributed by atoms with Crippen LogP contribution in [-0.2, 0) is 11.8 Å². The number of aryl methyl sites for hydroxylation is 1. The van der Waals surface area contributed by atoms with E-state index in [1.165, 1.54) is 44.9 Å². The zero-order valence-corrected chi connectivity index (χ0v) is 22.1. The van der Waals surface area contributed by atoms with Crippen LogP contribution in [0.1, 0.15) is 125 Å². The summed E-state index contributed by atoms with van der Waals surface area (Å²) in [5.74, 6) is 0. The maximum Gasteiger partial charge on any atom is 0.101 e. The van der Waals surface area contributed by atoms with Gasteiger partial charge in [0.15, 0.2) is 0 Å². The van der Waals surface area contributed by atoms with E-state index in [-0.39, 0.29) is 5.41 Å². The summed E-state index contributed by atoms with van der Waals surface area (Å²) in [5.41, 5.74) is 6.01. The fraction of sp³-hybridized carbons (Fsp3) is 0.545. The van der Waals surface area contributed by atoms with Gasteiger partial charge in [-0.2, -0.15) is 15.8 Å². The predicted octanol–water partition coefficient (Wildman–Crippen LogP) is 8.87. The van der Waals surface area contributed by atoms with Gasteiger partial charge in [-0.05, 0) is 91.4 Å². The van der Waals surface area contributed by atoms with Gasteiger partial charge in [-0.1, -0.05) is 70.2 Å². The number of fused-ring (bicyclic) bond motifs is 3. The van der Waals surface area contributed by atoms with Crippen molar-refractivity contribution in [3.8, 4) is 29.3 Å². The van der Waals surface area contributed by atoms with Crippen LogP contribution in [-0.4, -0.2) is 0 Å². The molecule has 3 heteroatoms. The molecule has 0 spiro atoms. The molecule has 36 heavy (non-hydrogen) atoms. The first-order valence-corrected chi connectivity index (χ1v) is 14.1. The third-order valence-electron chi connectivity index (χ3n) is 9.30. The second-order valence-corrected chi connectivity index (χ2v) is 11.3. The molecule has 2 aromatic carbocycles. The van der Waals surface area contributed by atoms with Crippen LogP contribution < -0.4 is 0 Å². The summed E-state index contributed by atoms with van der Waals surface area (Å²) in [7, 11) is 0. The number of rotatable bonds is 10. The highest BCUT2D eigenvalue weighted by atomic mass is 14.5. The van der Waals surface area contributed by atoms with Crippen molar-refractivity contribution in [2.24, 2.45) is 5.41 Å². The van der Waals surface area contributed by atoms with Crippen molar-refractivity contribution in [2.75, 3.05) is 0 Å². The second-order valence-electron chi connectivity index (χ2n) is 11.3. The molecule has 186 valence electrons. The van der Waals surface area contributed by atoms with Gasteiger partial charge < -0.3 is 0 Å². The van der Waals surface area contributed by atoms with Crippen LogP contribution in [0.5, 0.6) is 0 Å². The van der Waals surface area contributed by atoms with Crippen molar-refractivity contribution >= 4 is 0 Å². The Morgan fingerprint density at radius 3 is 2.00 bits per heavy atom. The number of unbranched alkanes of at least 4 members (excludes halogenated alkanes) is 4. The minimum absolute atomic E-state index is 0.0304. The lowest BCUT2D eigenvalue weighted by Gasteiger charge is -2.54. The summed E-state index contributed by atoms with van der Waals surface area (Å²) in [4.78, 5) is 0. The lowest BCUT2D eigenvalue weighted by Crippen LogP contribution is -2.44. The Hall–Kier alpha value is -3.09. The zero-order chi connectivity index (χ0) is 25.6. The molecule has 3 saturated carbocycles. The summed E-state index contributed by atoms with van der Waals surface area (Å²) in [6.07, 6.45) is 16.7. The van der Waals surface area contributed by atoms with Gasteiger partial charge in [-0.25, -0.2) is 0 Å². The highest BCUT2D eigenvalue weighted by Gasteiger charge is 2.49. The number of benzene rings is 2. The van der Waals surface area contributed by atoms with Gasteiger partial charge in [0.05, 0.1) is 22.8 Å². The number of nitriles is 3. The van der Waals surface area contributed by atoms with Gasteiger partial charge in [0.25, 0.3) is 0 Å². The minimum atomic E-state index is 0.0304. The van der Waals surface area contributed by atoms with Crippen LogP contribution in [0, 0.1) is 39.4 Å². The number of hydrogen-bond acceptors (Lipinski definition) is 3. The predicted molar refractivity (Wildman–Crippen MR) is 145 cm³/mol. The van der Waals surface area contributed by atoms with Gasteiger partial charge in [-0.15, -0.1) is 0 Å². The van der Waals surface area contributed by atoms with Gasteiger partial charge >= 0.3 is 0 Å². The Balaban J connectivity index is 1.65. The molecule has 0 aliphatic heterocycles. The second kappa shape index (κ2) is 11.3. The summed E-state index contributed by atoms with van der Waals surface area (Å²) >= 11 is 0. The molecule has 0 aromatic heterocycles. The van der Waals surface area contributed by atoms with Crippen LogP contribution in [0.25, 0.3) is 11.1 Å². The van der Waals surface area contributed by atoms with Crippen LogP contribution in [0.3, 0.4) is 0 Å². The molecule has 0 amide bonds. The fourth-order valence-corrected chi connectivity index (χ4v) is 6.94. The maximum absolute atomic E-state index is 10.3. The van der Waals surface area contributed by atoms with E-state index in [0.29, 0.717) is 22.1 Å². The first-order chi connectivity index (χ1) is 17.5. The van der Waals surface area contributed by atoms with Crippen molar-refractivity contribution in [3.05, 3.63) is 58.1 Å². The van der Waals surface area contributed by atoms with Crippen LogP contribution in [0.15, 0.2) is 30.3 Å². The zero-order valence-electron chi connectivity index (χ0n) is 22.1. The molecule has 3 aliphatic carbocycles. The van der Waals surface area contributed by atoms with Crippen molar-refractivity contribution in [1.29, 1.82) is 15.8 Å². The molecule has 0 radical (unpaired) electrons. The van der Waals surface area contributed by atoms with Gasteiger partial charge in [-0.3, -0.25) is 0 Å². The third-order valence-corrected chi connectivity index (χ3v) is 9.30. The molecular formula is C33H39N3. The van der Waals surface area contributed by atoms with Crippen LogP contribution in [0.2, 0.25) is 0 Å². The van der Waals surface area contributed by atoms with Crippen molar-refractivity contribution in [1.82, 2.24) is 0 Å². The molecule has 0 atom stereocenters. The van der Waals surface area contributed by atoms with Gasteiger partial charge in [0, 0.05) is 5.56 Å². The largest absolute Gasteiger partial charge is 0.192 e. The maximum atomic E-state index is 10.3. The standard InChI is InChI=1S/C33H39N3/c1-3-5-7-9-25-10-11-26(21-27(25)22-34)28-12-13-31(30(24-36)29(28)23-35)33-18-15-32(16-19-33,17-20-33)14-8-6-4-2/h10-13,21H,3-9,14-20H2,1-2H3. The Morgan fingerprint density at radius 1 is 0.722 bits per heavy atom. The number of nitrogens with zero attached hydrogens (tertiary/aromatic N) is 3. The molecule has 2 aromatic rings. The molecule has 0 saturated heterocycles. The number of hydrogen-bond donors (Lipinski definition) is 0. The molecule has 2 bridgehead atoms. The molecule has 0 heterocycles. The summed E-state index contributed by atoms with van der Waals surface area (Å²) in [5, 5.41) is 30.2. The average Bonchev–Trinajstić information content (AvgIpc) is 2.93. The lowest BCUT2D eigenvalue weighted by molar-refractivity contribution is 0.0304. The Bertz CT molecular complexity index is 1190. The lowest BCUT2D eigenvalue weighted by atomic mass is 9.50. The summed E-state index contributed by atoms with van der Waals surface area (Å²) in [6, 6.07) is 17.3. The molecule has 5 rings (SSSR count). The highest BCUT2D eigenvalue weighted by Crippen LogP contribution is 2.60. The monoisotopic (exact) mass is 477 g/mol. The molecule has 3 nitrogen and oxygen atoms in total. The molecule has 0 unspecified atom stereocenters. The van der Waals surface area contributed by atoms with Gasteiger partial charge in [0.2, 0.25) is 0 Å². The molecular weight excluding hydrogens is 438 g/mol. The van der Waals surface area contributed by atoms with E-state index < -0.39 is 0 Å². The van der Waals surface area contributed by atoms with E-state index >= 15 is 0 Å². The van der Waals surface area contributed by atoms with Crippen LogP contribution in [0.4, 0.5) is 0 Å². The first-order valence-electron chi connectivity index (χ1n) is 14.1. The Labute approximate surface area is 217 Å². The fourth-order valence-electron chi connectivity index (χ4n) is 6.94. The Kier molecular flexibility index (Phi) is 8.17. The van der Waals surface area contributed by atoms with Crippen LogP contribution >= 0.6 is 0 Å². The molecule has 3 aliphatic rings. The highest BCUT2D eigenvalue weighted by molar-refractivity contribution is 5.76. The van der Waals surface area contributed by atoms with Crippen molar-refractivity contribution < 1.29 is 0 Å². The topological polar surface area (TPSA) is 71.4 Å². The van der Waals surface area contributed by atoms with E-state index in [1.54, 1.807) is 0 Å². The summed E-state index contributed by atoms with van der Waals surface area (Å²) in [6.45, 7) is 4.45. The van der Waals surface area contributed by atoms with Crippen molar-refractivity contribution in [3.63, 3.8) is 0 Å². The third kappa shape index (κ3) is 4.93. The SMILES string of the molecule is CCCCCc1ccc(-c2ccc(C34CCC(CCCCC)(CC3)CC4)c(C#N)c2C#N)cc1C#N. The average molecular weight is 478 g/mol. The quantitative estimate of drug-likeness (QED) is 0.321.